The van der Waals surface area contributed by atoms with Gasteiger partial charge >= 0.3 is 0 Å². The van der Waals surface area contributed by atoms with Gasteiger partial charge in [0.05, 0.1) is 16.7 Å². The van der Waals surface area contributed by atoms with Gasteiger partial charge in [-0.3, -0.25) is 0 Å². The number of imidazole rings is 1. The van der Waals surface area contributed by atoms with Crippen LogP contribution in [0.25, 0.3) is 22.3 Å². The largest absolute Gasteiger partial charge is 0.346 e. The van der Waals surface area contributed by atoms with E-state index >= 15 is 0 Å². The molecule has 1 fully saturated rings. The summed E-state index contributed by atoms with van der Waals surface area (Å²) >= 11 is 8.09. The Balaban J connectivity index is 1.72. The molecule has 132 valence electrons. The molecule has 0 N–H and O–H groups in total. The fourth-order valence-corrected chi connectivity index (χ4v) is 4.57. The van der Waals surface area contributed by atoms with Gasteiger partial charge in [0.1, 0.15) is 0 Å². The van der Waals surface area contributed by atoms with Crippen molar-refractivity contribution < 1.29 is 0 Å². The number of aromatic nitrogens is 3. The number of nitrogens with zero attached hydrogens (tertiary/aromatic N) is 5. The van der Waals surface area contributed by atoms with E-state index in [4.69, 9.17) is 16.6 Å². The molecule has 1 aliphatic rings. The van der Waals surface area contributed by atoms with Gasteiger partial charge in [0.15, 0.2) is 5.13 Å². The highest BCUT2D eigenvalue weighted by molar-refractivity contribution is 7.14. The highest BCUT2D eigenvalue weighted by Crippen LogP contribution is 2.34. The van der Waals surface area contributed by atoms with Gasteiger partial charge in [0.2, 0.25) is 5.28 Å². The standard InChI is InChI=1S/C18H22ClN5S/c1-12(2)24-15-6-4-5-13(16(15)21-17(24)19)14-11-25-18(20-14)23-9-7-22(3)8-10-23/h4-6,11-12H,7-10H2,1-3H3. The molecule has 0 bridgehead atoms. The maximum absolute atomic E-state index is 6.38. The van der Waals surface area contributed by atoms with Crippen molar-refractivity contribution in [1.82, 2.24) is 19.4 Å². The third kappa shape index (κ3) is 3.03. The van der Waals surface area contributed by atoms with Crippen molar-refractivity contribution in [3.8, 4) is 11.3 Å². The van der Waals surface area contributed by atoms with Gasteiger partial charge in [-0.05, 0) is 38.6 Å². The molecular weight excluding hydrogens is 354 g/mol. The number of thiazole rings is 1. The zero-order chi connectivity index (χ0) is 17.6. The third-order valence-electron chi connectivity index (χ3n) is 4.74. The number of rotatable bonds is 3. The Hall–Kier alpha value is -1.63. The molecule has 25 heavy (non-hydrogen) atoms. The molecule has 1 aliphatic heterocycles. The van der Waals surface area contributed by atoms with Crippen LogP contribution in [0.4, 0.5) is 5.13 Å². The molecule has 1 aromatic carbocycles. The Kier molecular flexibility index (Phi) is 4.43. The van der Waals surface area contributed by atoms with Crippen LogP contribution in [-0.4, -0.2) is 52.7 Å². The Morgan fingerprint density at radius 1 is 1.12 bits per heavy atom. The molecule has 0 unspecified atom stereocenters. The first-order valence-corrected chi connectivity index (χ1v) is 9.86. The summed E-state index contributed by atoms with van der Waals surface area (Å²) in [5.41, 5.74) is 4.02. The topological polar surface area (TPSA) is 37.2 Å². The van der Waals surface area contributed by atoms with Gasteiger partial charge in [0.25, 0.3) is 0 Å². The Bertz CT molecular complexity index is 892. The van der Waals surface area contributed by atoms with Crippen molar-refractivity contribution in [2.24, 2.45) is 0 Å². The number of fused-ring (bicyclic) bond motifs is 1. The predicted molar refractivity (Wildman–Crippen MR) is 106 cm³/mol. The van der Waals surface area contributed by atoms with Crippen LogP contribution in [0, 0.1) is 0 Å². The highest BCUT2D eigenvalue weighted by atomic mass is 35.5. The second-order valence-corrected chi connectivity index (χ2v) is 8.00. The molecule has 0 amide bonds. The summed E-state index contributed by atoms with van der Waals surface area (Å²) in [7, 11) is 2.17. The van der Waals surface area contributed by atoms with Gasteiger partial charge in [-0.25, -0.2) is 9.97 Å². The van der Waals surface area contributed by atoms with Crippen molar-refractivity contribution in [2.45, 2.75) is 19.9 Å². The van der Waals surface area contributed by atoms with E-state index in [1.54, 1.807) is 11.3 Å². The lowest BCUT2D eigenvalue weighted by molar-refractivity contribution is 0.313. The number of hydrogen-bond donors (Lipinski definition) is 0. The van der Waals surface area contributed by atoms with Gasteiger partial charge < -0.3 is 14.4 Å². The first-order valence-electron chi connectivity index (χ1n) is 8.60. The molecule has 3 aromatic rings. The highest BCUT2D eigenvalue weighted by Gasteiger charge is 2.20. The average Bonchev–Trinajstić information content (AvgIpc) is 3.18. The Morgan fingerprint density at radius 2 is 1.88 bits per heavy atom. The molecule has 4 rings (SSSR count). The first kappa shape index (κ1) is 16.8. The van der Waals surface area contributed by atoms with Gasteiger partial charge in [-0.2, -0.15) is 0 Å². The summed E-state index contributed by atoms with van der Waals surface area (Å²) in [6, 6.07) is 6.48. The van der Waals surface area contributed by atoms with Crippen LogP contribution in [0.5, 0.6) is 0 Å². The van der Waals surface area contributed by atoms with Gasteiger partial charge in [0, 0.05) is 43.2 Å². The minimum Gasteiger partial charge on any atom is -0.346 e. The van der Waals surface area contributed by atoms with Crippen LogP contribution in [0.3, 0.4) is 0 Å². The lowest BCUT2D eigenvalue weighted by Gasteiger charge is -2.32. The lowest BCUT2D eigenvalue weighted by Crippen LogP contribution is -2.44. The molecular formula is C18H22ClN5S. The molecule has 0 aliphatic carbocycles. The second kappa shape index (κ2) is 6.59. The van der Waals surface area contributed by atoms with Crippen molar-refractivity contribution >= 4 is 39.1 Å². The maximum Gasteiger partial charge on any atom is 0.204 e. The van der Waals surface area contributed by atoms with E-state index in [2.05, 4.69) is 63.8 Å². The van der Waals surface area contributed by atoms with E-state index in [1.165, 1.54) is 0 Å². The smallest absolute Gasteiger partial charge is 0.204 e. The normalized spacial score (nSPS) is 16.3. The van der Waals surface area contributed by atoms with E-state index in [1.807, 2.05) is 0 Å². The van der Waals surface area contributed by atoms with E-state index < -0.39 is 0 Å². The van der Waals surface area contributed by atoms with Crippen molar-refractivity contribution in [3.05, 3.63) is 28.9 Å². The van der Waals surface area contributed by atoms with Crippen LogP contribution in [-0.2, 0) is 0 Å². The number of anilines is 1. The minimum absolute atomic E-state index is 0.268. The molecule has 0 atom stereocenters. The molecule has 0 spiro atoms. The zero-order valence-corrected chi connectivity index (χ0v) is 16.3. The van der Waals surface area contributed by atoms with E-state index in [-0.39, 0.29) is 6.04 Å². The number of para-hydroxylation sites is 1. The number of hydrogen-bond acceptors (Lipinski definition) is 5. The van der Waals surface area contributed by atoms with Crippen molar-refractivity contribution in [1.29, 1.82) is 0 Å². The van der Waals surface area contributed by atoms with E-state index in [9.17, 15) is 0 Å². The molecule has 5 nitrogen and oxygen atoms in total. The minimum atomic E-state index is 0.268. The molecule has 0 saturated carbocycles. The van der Waals surface area contributed by atoms with Gasteiger partial charge in [-0.1, -0.05) is 12.1 Å². The summed E-state index contributed by atoms with van der Waals surface area (Å²) in [5, 5.41) is 3.76. The van der Waals surface area contributed by atoms with Crippen LogP contribution < -0.4 is 4.90 Å². The monoisotopic (exact) mass is 375 g/mol. The Morgan fingerprint density at radius 3 is 2.60 bits per heavy atom. The first-order chi connectivity index (χ1) is 12.0. The van der Waals surface area contributed by atoms with Crippen LogP contribution >= 0.6 is 22.9 Å². The van der Waals surface area contributed by atoms with Crippen LogP contribution in [0.2, 0.25) is 5.28 Å². The van der Waals surface area contributed by atoms with Crippen LogP contribution in [0.15, 0.2) is 23.6 Å². The summed E-state index contributed by atoms with van der Waals surface area (Å²) in [6.45, 7) is 8.46. The molecule has 0 radical (unpaired) electrons. The van der Waals surface area contributed by atoms with E-state index in [0.717, 1.165) is 53.6 Å². The molecule has 7 heteroatoms. The predicted octanol–water partition coefficient (Wildman–Crippen LogP) is 4.15. The maximum atomic E-state index is 6.38. The Labute approximate surface area is 156 Å². The molecule has 3 heterocycles. The van der Waals surface area contributed by atoms with Crippen molar-refractivity contribution in [2.75, 3.05) is 38.1 Å². The summed E-state index contributed by atoms with van der Waals surface area (Å²) in [5.74, 6) is 0. The second-order valence-electron chi connectivity index (χ2n) is 6.82. The van der Waals surface area contributed by atoms with Crippen molar-refractivity contribution in [3.63, 3.8) is 0 Å². The fraction of sp³-hybridized carbons (Fsp3) is 0.444. The third-order valence-corrected chi connectivity index (χ3v) is 5.90. The zero-order valence-electron chi connectivity index (χ0n) is 14.7. The van der Waals surface area contributed by atoms with E-state index in [0.29, 0.717) is 5.28 Å². The molecule has 1 saturated heterocycles. The lowest BCUT2D eigenvalue weighted by atomic mass is 10.1. The number of piperazine rings is 1. The SMILES string of the molecule is CC(C)n1c(Cl)nc2c(-c3csc(N4CCN(C)CC4)n3)cccc21. The average molecular weight is 376 g/mol. The quantitative estimate of drug-likeness (QED) is 0.689. The molecule has 2 aromatic heterocycles. The number of benzene rings is 1. The summed E-state index contributed by atoms with van der Waals surface area (Å²) < 4.78 is 2.06. The van der Waals surface area contributed by atoms with Crippen LogP contribution in [0.1, 0.15) is 19.9 Å². The fourth-order valence-electron chi connectivity index (χ4n) is 3.32. The summed E-state index contributed by atoms with van der Waals surface area (Å²) in [4.78, 5) is 14.2. The van der Waals surface area contributed by atoms with Gasteiger partial charge in [-0.15, -0.1) is 11.3 Å². The number of likely N-dealkylation sites (N-methyl/N-ethyl adjacent to an activating group) is 1. The summed E-state index contributed by atoms with van der Waals surface area (Å²) in [6.07, 6.45) is 0. The number of halogens is 1.